The number of thiazole rings is 1. The van der Waals surface area contributed by atoms with Gasteiger partial charge in [0.05, 0.1) is 20.9 Å². The molecule has 1 aromatic heterocycles. The third-order valence-corrected chi connectivity index (χ3v) is 7.93. The summed E-state index contributed by atoms with van der Waals surface area (Å²) in [6.45, 7) is 4.64. The average Bonchev–Trinajstić information content (AvgIpc) is 3.16. The van der Waals surface area contributed by atoms with Gasteiger partial charge in [-0.15, -0.1) is 0 Å². The zero-order valence-electron chi connectivity index (χ0n) is 16.2. The number of rotatable bonds is 5. The van der Waals surface area contributed by atoms with Gasteiger partial charge < -0.3 is 9.80 Å². The van der Waals surface area contributed by atoms with E-state index in [2.05, 4.69) is 24.0 Å². The van der Waals surface area contributed by atoms with E-state index in [0.29, 0.717) is 26.2 Å². The van der Waals surface area contributed by atoms with E-state index in [1.165, 1.54) is 10.3 Å². The minimum atomic E-state index is -3.43. The zero-order valence-corrected chi connectivity index (χ0v) is 17.9. The molecule has 0 N–H and O–H groups in total. The maximum atomic E-state index is 12.5. The number of hydrogen-bond acceptors (Lipinski definition) is 6. The van der Waals surface area contributed by atoms with Gasteiger partial charge in [0.2, 0.25) is 5.91 Å². The molecule has 1 amide bonds. The van der Waals surface area contributed by atoms with Crippen molar-refractivity contribution in [1.29, 1.82) is 0 Å². The highest BCUT2D eigenvalue weighted by atomic mass is 32.2. The van der Waals surface area contributed by atoms with Crippen molar-refractivity contribution in [3.8, 4) is 0 Å². The topological polar surface area (TPSA) is 70.6 Å². The standard InChI is InChI=1S/C21H23N3O3S2/c1-16-7-8-18-19(15-16)28-21(22-18)24-12-10-23(11-13-24)20(25)9-14-29(26,27)17-5-3-2-4-6-17/h2-8,15H,9-14H2,1H3. The highest BCUT2D eigenvalue weighted by Crippen LogP contribution is 2.30. The molecule has 4 rings (SSSR count). The molecule has 0 radical (unpaired) electrons. The van der Waals surface area contributed by atoms with Crippen LogP contribution >= 0.6 is 11.3 Å². The van der Waals surface area contributed by atoms with Gasteiger partial charge in [0, 0.05) is 32.6 Å². The zero-order chi connectivity index (χ0) is 20.4. The third kappa shape index (κ3) is 4.43. The predicted octanol–water partition coefficient (Wildman–Crippen LogP) is 3.12. The normalized spacial score (nSPS) is 15.1. The Morgan fingerprint density at radius 3 is 2.52 bits per heavy atom. The van der Waals surface area contributed by atoms with E-state index < -0.39 is 9.84 Å². The van der Waals surface area contributed by atoms with Crippen molar-refractivity contribution in [2.24, 2.45) is 0 Å². The molecule has 0 unspecified atom stereocenters. The summed E-state index contributed by atoms with van der Waals surface area (Å²) in [4.78, 5) is 21.5. The quantitative estimate of drug-likeness (QED) is 0.623. The van der Waals surface area contributed by atoms with Crippen LogP contribution < -0.4 is 4.90 Å². The number of carbonyl (C=O) groups excluding carboxylic acids is 1. The summed E-state index contributed by atoms with van der Waals surface area (Å²) in [6.07, 6.45) is 0.0115. The lowest BCUT2D eigenvalue weighted by Gasteiger charge is -2.34. The number of aryl methyl sites for hydroxylation is 1. The number of benzene rings is 2. The van der Waals surface area contributed by atoms with Crippen LogP contribution in [0.1, 0.15) is 12.0 Å². The molecule has 0 bridgehead atoms. The van der Waals surface area contributed by atoms with Gasteiger partial charge in [0.15, 0.2) is 15.0 Å². The molecule has 29 heavy (non-hydrogen) atoms. The summed E-state index contributed by atoms with van der Waals surface area (Å²) in [5, 5.41) is 0.976. The minimum absolute atomic E-state index is 0.0115. The van der Waals surface area contributed by atoms with E-state index in [1.807, 2.05) is 6.07 Å². The van der Waals surface area contributed by atoms with E-state index >= 15 is 0 Å². The van der Waals surface area contributed by atoms with Gasteiger partial charge in [-0.05, 0) is 36.8 Å². The van der Waals surface area contributed by atoms with E-state index in [4.69, 9.17) is 4.98 Å². The molecule has 2 heterocycles. The largest absolute Gasteiger partial charge is 0.345 e. The molecule has 0 aliphatic carbocycles. The van der Waals surface area contributed by atoms with Crippen molar-refractivity contribution < 1.29 is 13.2 Å². The molecule has 0 spiro atoms. The monoisotopic (exact) mass is 429 g/mol. The first-order valence-corrected chi connectivity index (χ1v) is 12.1. The van der Waals surface area contributed by atoms with Gasteiger partial charge in [0.25, 0.3) is 0 Å². The number of hydrogen-bond donors (Lipinski definition) is 0. The molecular formula is C21H23N3O3S2. The molecule has 2 aromatic carbocycles. The van der Waals surface area contributed by atoms with Gasteiger partial charge in [-0.3, -0.25) is 4.79 Å². The number of piperazine rings is 1. The molecule has 152 valence electrons. The summed E-state index contributed by atoms with van der Waals surface area (Å²) in [5.74, 6) is -0.267. The average molecular weight is 430 g/mol. The Morgan fingerprint density at radius 2 is 1.79 bits per heavy atom. The van der Waals surface area contributed by atoms with Gasteiger partial charge in [-0.2, -0.15) is 0 Å². The second kappa shape index (κ2) is 8.12. The molecule has 1 fully saturated rings. The fourth-order valence-corrected chi connectivity index (χ4v) is 5.79. The van der Waals surface area contributed by atoms with Crippen LogP contribution in [0.5, 0.6) is 0 Å². The maximum absolute atomic E-state index is 12.5. The molecular weight excluding hydrogens is 406 g/mol. The summed E-state index contributed by atoms with van der Waals surface area (Å²) in [6, 6.07) is 14.5. The molecule has 0 atom stereocenters. The van der Waals surface area contributed by atoms with E-state index in [-0.39, 0.29) is 23.0 Å². The number of sulfone groups is 1. The summed E-state index contributed by atoms with van der Waals surface area (Å²) in [7, 11) is -3.43. The van der Waals surface area contributed by atoms with Gasteiger partial charge >= 0.3 is 0 Å². The van der Waals surface area contributed by atoms with Crippen molar-refractivity contribution in [2.45, 2.75) is 18.2 Å². The van der Waals surface area contributed by atoms with Crippen LogP contribution in [0.4, 0.5) is 5.13 Å². The van der Waals surface area contributed by atoms with Crippen LogP contribution in [-0.2, 0) is 14.6 Å². The molecule has 3 aromatic rings. The van der Waals surface area contributed by atoms with Crippen LogP contribution in [0.25, 0.3) is 10.2 Å². The molecule has 6 nitrogen and oxygen atoms in total. The fourth-order valence-electron chi connectivity index (χ4n) is 3.43. The van der Waals surface area contributed by atoms with Crippen molar-refractivity contribution in [1.82, 2.24) is 9.88 Å². The first kappa shape index (κ1) is 19.8. The lowest BCUT2D eigenvalue weighted by molar-refractivity contribution is -0.131. The van der Waals surface area contributed by atoms with E-state index in [1.54, 1.807) is 46.6 Å². The van der Waals surface area contributed by atoms with E-state index in [0.717, 1.165) is 10.6 Å². The van der Waals surface area contributed by atoms with Gasteiger partial charge in [-0.25, -0.2) is 13.4 Å². The number of amides is 1. The van der Waals surface area contributed by atoms with Crippen molar-refractivity contribution in [2.75, 3.05) is 36.8 Å². The van der Waals surface area contributed by atoms with Gasteiger partial charge in [-0.1, -0.05) is 35.6 Å². The van der Waals surface area contributed by atoms with Crippen molar-refractivity contribution in [3.05, 3.63) is 54.1 Å². The number of fused-ring (bicyclic) bond motifs is 1. The molecule has 1 aliphatic heterocycles. The Morgan fingerprint density at radius 1 is 1.07 bits per heavy atom. The second-order valence-corrected chi connectivity index (χ2v) is 10.3. The van der Waals surface area contributed by atoms with Crippen LogP contribution in [0.3, 0.4) is 0 Å². The Hall–Kier alpha value is -2.45. The number of anilines is 1. The molecule has 1 saturated heterocycles. The first-order valence-electron chi connectivity index (χ1n) is 9.60. The minimum Gasteiger partial charge on any atom is -0.345 e. The highest BCUT2D eigenvalue weighted by molar-refractivity contribution is 7.91. The van der Waals surface area contributed by atoms with E-state index in [9.17, 15) is 13.2 Å². The van der Waals surface area contributed by atoms with Crippen LogP contribution in [0.2, 0.25) is 0 Å². The third-order valence-electron chi connectivity index (χ3n) is 5.12. The molecule has 0 saturated carbocycles. The first-order chi connectivity index (χ1) is 13.9. The SMILES string of the molecule is Cc1ccc2nc(N3CCN(C(=O)CCS(=O)(=O)c4ccccc4)CC3)sc2c1. The highest BCUT2D eigenvalue weighted by Gasteiger charge is 2.24. The summed E-state index contributed by atoms with van der Waals surface area (Å²) < 4.78 is 25.9. The Labute approximate surface area is 174 Å². The van der Waals surface area contributed by atoms with Crippen LogP contribution in [0.15, 0.2) is 53.4 Å². The molecule has 8 heteroatoms. The van der Waals surface area contributed by atoms with Crippen molar-refractivity contribution >= 4 is 42.4 Å². The fraction of sp³-hybridized carbons (Fsp3) is 0.333. The summed E-state index contributed by atoms with van der Waals surface area (Å²) in [5.41, 5.74) is 2.22. The number of nitrogens with zero attached hydrogens (tertiary/aromatic N) is 3. The predicted molar refractivity (Wildman–Crippen MR) is 116 cm³/mol. The lowest BCUT2D eigenvalue weighted by Crippen LogP contribution is -2.49. The Balaban J connectivity index is 1.33. The number of aromatic nitrogens is 1. The number of carbonyl (C=O) groups is 1. The lowest BCUT2D eigenvalue weighted by atomic mass is 10.2. The molecule has 1 aliphatic rings. The summed E-state index contributed by atoms with van der Waals surface area (Å²) >= 11 is 1.67. The Bertz CT molecular complexity index is 1120. The smallest absolute Gasteiger partial charge is 0.223 e. The second-order valence-electron chi connectivity index (χ2n) is 7.22. The Kier molecular flexibility index (Phi) is 5.56. The maximum Gasteiger partial charge on any atom is 0.223 e. The van der Waals surface area contributed by atoms with Gasteiger partial charge in [0.1, 0.15) is 0 Å². The van der Waals surface area contributed by atoms with Crippen LogP contribution in [-0.4, -0.2) is 56.1 Å². The van der Waals surface area contributed by atoms with Crippen molar-refractivity contribution in [3.63, 3.8) is 0 Å². The van der Waals surface area contributed by atoms with Crippen LogP contribution in [0, 0.1) is 6.92 Å².